The molecule has 12 heteroatoms. The Morgan fingerprint density at radius 2 is 1.82 bits per heavy atom. The van der Waals surface area contributed by atoms with Crippen LogP contribution in [-0.4, -0.2) is 84.0 Å². The average molecular weight is 544 g/mol. The molecule has 3 heterocycles. The van der Waals surface area contributed by atoms with Crippen LogP contribution in [0.1, 0.15) is 36.7 Å². The summed E-state index contributed by atoms with van der Waals surface area (Å²) in [7, 11) is -2.35. The maximum absolute atomic E-state index is 13.4. The SMILES string of the molecule is COC1CN(C(=O)OC(C)(C)C)CCN(S(=O)(=O)c2ccc(CNC(=O)c3ccc4nccn4c3)cc2)C1. The Hall–Kier alpha value is -3.48. The number of carbonyl (C=O) groups is 2. The summed E-state index contributed by atoms with van der Waals surface area (Å²) in [5.41, 5.74) is 1.33. The lowest BCUT2D eigenvalue weighted by molar-refractivity contribution is 0.0133. The molecule has 4 rings (SSSR count). The van der Waals surface area contributed by atoms with Gasteiger partial charge in [-0.15, -0.1) is 0 Å². The Balaban J connectivity index is 1.40. The molecule has 11 nitrogen and oxygen atoms in total. The number of imidazole rings is 1. The summed E-state index contributed by atoms with van der Waals surface area (Å²) in [6, 6.07) is 9.85. The fraction of sp³-hybridized carbons (Fsp3) is 0.423. The van der Waals surface area contributed by atoms with Gasteiger partial charge in [-0.1, -0.05) is 12.1 Å². The van der Waals surface area contributed by atoms with Crippen molar-refractivity contribution in [2.24, 2.45) is 0 Å². The molecule has 1 fully saturated rings. The van der Waals surface area contributed by atoms with Crippen LogP contribution in [0.2, 0.25) is 0 Å². The largest absolute Gasteiger partial charge is 0.444 e. The number of rotatable bonds is 6. The van der Waals surface area contributed by atoms with E-state index in [0.717, 1.165) is 11.2 Å². The second kappa shape index (κ2) is 11.1. The molecule has 38 heavy (non-hydrogen) atoms. The molecule has 1 atom stereocenters. The predicted molar refractivity (Wildman–Crippen MR) is 140 cm³/mol. The summed E-state index contributed by atoms with van der Waals surface area (Å²) in [5, 5.41) is 2.85. The van der Waals surface area contributed by atoms with Crippen LogP contribution in [0.5, 0.6) is 0 Å². The number of methoxy groups -OCH3 is 1. The Labute approximate surface area is 222 Å². The Morgan fingerprint density at radius 3 is 2.50 bits per heavy atom. The van der Waals surface area contributed by atoms with Crippen LogP contribution in [0, 0.1) is 0 Å². The highest BCUT2D eigenvalue weighted by molar-refractivity contribution is 7.89. The van der Waals surface area contributed by atoms with Gasteiger partial charge in [0, 0.05) is 51.9 Å². The molecule has 0 saturated carbocycles. The van der Waals surface area contributed by atoms with Crippen LogP contribution in [0.25, 0.3) is 5.65 Å². The van der Waals surface area contributed by atoms with Crippen molar-refractivity contribution in [2.45, 2.75) is 43.9 Å². The molecule has 2 aromatic heterocycles. The molecule has 2 amide bonds. The van der Waals surface area contributed by atoms with E-state index in [1.165, 1.54) is 28.4 Å². The number of aromatic nitrogens is 2. The maximum Gasteiger partial charge on any atom is 0.410 e. The van der Waals surface area contributed by atoms with E-state index in [4.69, 9.17) is 9.47 Å². The second-order valence-corrected chi connectivity index (χ2v) is 12.0. The van der Waals surface area contributed by atoms with Crippen LogP contribution >= 0.6 is 0 Å². The molecule has 1 aromatic carbocycles. The molecule has 3 aromatic rings. The minimum Gasteiger partial charge on any atom is -0.444 e. The van der Waals surface area contributed by atoms with E-state index >= 15 is 0 Å². The van der Waals surface area contributed by atoms with E-state index in [0.29, 0.717) is 5.56 Å². The Morgan fingerprint density at radius 1 is 1.08 bits per heavy atom. The second-order valence-electron chi connectivity index (χ2n) is 10.1. The van der Waals surface area contributed by atoms with Crippen molar-refractivity contribution >= 4 is 27.7 Å². The van der Waals surface area contributed by atoms with Gasteiger partial charge in [-0.05, 0) is 50.6 Å². The van der Waals surface area contributed by atoms with Crippen molar-refractivity contribution in [1.29, 1.82) is 0 Å². The molecule has 1 saturated heterocycles. The summed E-state index contributed by atoms with van der Waals surface area (Å²) in [4.78, 5) is 30.9. The first-order valence-electron chi connectivity index (χ1n) is 12.3. The number of ether oxygens (including phenoxy) is 2. The summed E-state index contributed by atoms with van der Waals surface area (Å²) in [5.74, 6) is -0.248. The van der Waals surface area contributed by atoms with Gasteiger partial charge in [0.05, 0.1) is 23.1 Å². The number of sulfonamides is 1. The van der Waals surface area contributed by atoms with Gasteiger partial charge in [0.2, 0.25) is 10.0 Å². The molecule has 0 radical (unpaired) electrons. The fourth-order valence-corrected chi connectivity index (χ4v) is 5.53. The minimum absolute atomic E-state index is 0.108. The van der Waals surface area contributed by atoms with Crippen molar-refractivity contribution in [3.63, 3.8) is 0 Å². The van der Waals surface area contributed by atoms with Crippen molar-refractivity contribution in [1.82, 2.24) is 23.9 Å². The van der Waals surface area contributed by atoms with Gasteiger partial charge < -0.3 is 24.1 Å². The van der Waals surface area contributed by atoms with Crippen molar-refractivity contribution in [2.75, 3.05) is 33.3 Å². The number of hydrogen-bond donors (Lipinski definition) is 1. The lowest BCUT2D eigenvalue weighted by Gasteiger charge is -2.27. The van der Waals surface area contributed by atoms with Gasteiger partial charge in [-0.3, -0.25) is 4.79 Å². The van der Waals surface area contributed by atoms with Crippen LogP contribution < -0.4 is 5.32 Å². The third-order valence-corrected chi connectivity index (χ3v) is 7.98. The first kappa shape index (κ1) is 27.6. The molecule has 1 N–H and O–H groups in total. The molecule has 0 bridgehead atoms. The topological polar surface area (TPSA) is 123 Å². The molecule has 1 aliphatic heterocycles. The fourth-order valence-electron chi connectivity index (χ4n) is 4.07. The number of hydrogen-bond acceptors (Lipinski definition) is 7. The summed E-state index contributed by atoms with van der Waals surface area (Å²) in [6.45, 7) is 6.21. The zero-order valence-corrected chi connectivity index (χ0v) is 22.8. The number of nitrogens with one attached hydrogen (secondary N) is 1. The van der Waals surface area contributed by atoms with Gasteiger partial charge >= 0.3 is 6.09 Å². The molecule has 1 aliphatic rings. The van der Waals surface area contributed by atoms with E-state index in [1.54, 1.807) is 68.0 Å². The standard InChI is InChI=1S/C26H33N5O6S/c1-26(2,3)37-25(33)30-13-14-31(18-21(17-30)36-4)38(34,35)22-8-5-19(6-9-22)15-28-24(32)20-7-10-23-27-11-12-29(23)16-20/h5-12,16,21H,13-15,17-18H2,1-4H3,(H,28,32). The van der Waals surface area contributed by atoms with Crippen LogP contribution in [0.3, 0.4) is 0 Å². The summed E-state index contributed by atoms with van der Waals surface area (Å²) < 4.78 is 40.8. The number of carbonyl (C=O) groups excluding carboxylic acids is 2. The van der Waals surface area contributed by atoms with Crippen LogP contribution in [0.4, 0.5) is 4.79 Å². The smallest absolute Gasteiger partial charge is 0.410 e. The van der Waals surface area contributed by atoms with Gasteiger partial charge in [0.15, 0.2) is 0 Å². The number of pyridine rings is 1. The molecular weight excluding hydrogens is 510 g/mol. The van der Waals surface area contributed by atoms with Gasteiger partial charge in [0.1, 0.15) is 11.2 Å². The quantitative estimate of drug-likeness (QED) is 0.507. The molecule has 1 unspecified atom stereocenters. The first-order valence-corrected chi connectivity index (χ1v) is 13.7. The van der Waals surface area contributed by atoms with Gasteiger partial charge in [-0.25, -0.2) is 18.2 Å². The Kier molecular flexibility index (Phi) is 8.05. The maximum atomic E-state index is 13.4. The minimum atomic E-state index is -3.84. The van der Waals surface area contributed by atoms with E-state index in [2.05, 4.69) is 10.3 Å². The van der Waals surface area contributed by atoms with Crippen molar-refractivity contribution in [3.8, 4) is 0 Å². The number of benzene rings is 1. The number of amides is 2. The van der Waals surface area contributed by atoms with E-state index in [1.807, 2.05) is 0 Å². The number of nitrogens with zero attached hydrogens (tertiary/aromatic N) is 4. The highest BCUT2D eigenvalue weighted by atomic mass is 32.2. The normalized spacial score (nSPS) is 17.3. The highest BCUT2D eigenvalue weighted by Gasteiger charge is 2.34. The summed E-state index contributed by atoms with van der Waals surface area (Å²) >= 11 is 0. The zero-order chi connectivity index (χ0) is 27.5. The predicted octanol–water partition coefficient (Wildman–Crippen LogP) is 2.52. The molecule has 204 valence electrons. The third-order valence-electron chi connectivity index (χ3n) is 6.10. The molecular formula is C26H33N5O6S. The van der Waals surface area contributed by atoms with E-state index in [9.17, 15) is 18.0 Å². The monoisotopic (exact) mass is 543 g/mol. The Bertz CT molecular complexity index is 1400. The zero-order valence-electron chi connectivity index (χ0n) is 22.0. The molecule has 0 spiro atoms. The van der Waals surface area contributed by atoms with Crippen LogP contribution in [0.15, 0.2) is 59.9 Å². The number of fused-ring (bicyclic) bond motifs is 1. The molecule has 0 aliphatic carbocycles. The highest BCUT2D eigenvalue weighted by Crippen LogP contribution is 2.21. The van der Waals surface area contributed by atoms with Crippen molar-refractivity contribution < 1.29 is 27.5 Å². The first-order chi connectivity index (χ1) is 18.0. The van der Waals surface area contributed by atoms with Crippen LogP contribution in [-0.2, 0) is 26.0 Å². The van der Waals surface area contributed by atoms with Gasteiger partial charge in [0.25, 0.3) is 5.91 Å². The average Bonchev–Trinajstić information content (AvgIpc) is 3.22. The van der Waals surface area contributed by atoms with E-state index < -0.39 is 27.8 Å². The summed E-state index contributed by atoms with van der Waals surface area (Å²) in [6.07, 6.45) is 4.11. The third kappa shape index (κ3) is 6.50. The van der Waals surface area contributed by atoms with E-state index in [-0.39, 0.29) is 43.5 Å². The van der Waals surface area contributed by atoms with Gasteiger partial charge in [-0.2, -0.15) is 4.31 Å². The lowest BCUT2D eigenvalue weighted by Crippen LogP contribution is -2.41. The lowest BCUT2D eigenvalue weighted by atomic mass is 10.2. The van der Waals surface area contributed by atoms with Crippen molar-refractivity contribution in [3.05, 3.63) is 66.1 Å².